The number of hydrogen-bond donors (Lipinski definition) is 1. The average molecular weight is 363 g/mol. The van der Waals surface area contributed by atoms with E-state index in [1.54, 1.807) is 0 Å². The van der Waals surface area contributed by atoms with Gasteiger partial charge in [-0.05, 0) is 44.1 Å². The van der Waals surface area contributed by atoms with Crippen molar-refractivity contribution in [1.29, 1.82) is 0 Å². The first kappa shape index (κ1) is 17.9. The van der Waals surface area contributed by atoms with Gasteiger partial charge in [-0.25, -0.2) is 0 Å². The number of rotatable bonds is 4. The lowest BCUT2D eigenvalue weighted by molar-refractivity contribution is -0.142. The van der Waals surface area contributed by atoms with Crippen LogP contribution in [0.5, 0.6) is 5.75 Å². The molecule has 7 heteroatoms. The Bertz CT molecular complexity index is 611. The van der Waals surface area contributed by atoms with E-state index in [2.05, 4.69) is 10.2 Å². The lowest BCUT2D eigenvalue weighted by Gasteiger charge is -2.37. The summed E-state index contributed by atoms with van der Waals surface area (Å²) in [6.45, 7) is 6.06. The van der Waals surface area contributed by atoms with Crippen LogP contribution in [0.15, 0.2) is 24.3 Å². The Kier molecular flexibility index (Phi) is 6.09. The summed E-state index contributed by atoms with van der Waals surface area (Å²) in [7, 11) is 0. The summed E-state index contributed by atoms with van der Waals surface area (Å²) in [5, 5.41) is 3.93. The lowest BCUT2D eigenvalue weighted by Crippen LogP contribution is -2.53. The number of amides is 1. The van der Waals surface area contributed by atoms with Crippen LogP contribution in [0.3, 0.4) is 0 Å². The standard InChI is InChI=1S/C18H25N3O3S/c1-2-23-15-7-4-3-6-14(15)19-18(25)21-11-9-20(10-12-21)17(22)16-8-5-13-24-16/h3-4,6-7,16H,2,5,8-13H2,1H3,(H,19,25)/t16-/m1/s1. The zero-order valence-electron chi connectivity index (χ0n) is 14.6. The van der Waals surface area contributed by atoms with E-state index in [1.807, 2.05) is 36.1 Å². The molecule has 0 aliphatic carbocycles. The molecule has 1 N–H and O–H groups in total. The molecule has 2 aliphatic heterocycles. The molecule has 1 aromatic carbocycles. The molecule has 0 unspecified atom stereocenters. The Labute approximate surface area is 154 Å². The van der Waals surface area contributed by atoms with Gasteiger partial charge < -0.3 is 24.6 Å². The Morgan fingerprint density at radius 3 is 2.68 bits per heavy atom. The number of piperazine rings is 1. The lowest BCUT2D eigenvalue weighted by atomic mass is 10.2. The first-order valence-electron chi connectivity index (χ1n) is 8.87. The molecule has 0 radical (unpaired) electrons. The number of benzene rings is 1. The second-order valence-corrected chi connectivity index (χ2v) is 6.56. The van der Waals surface area contributed by atoms with Crippen molar-refractivity contribution in [3.05, 3.63) is 24.3 Å². The van der Waals surface area contributed by atoms with Gasteiger partial charge in [0.2, 0.25) is 0 Å². The SMILES string of the molecule is CCOc1ccccc1NC(=S)N1CCN(C(=O)[C@H]2CCCO2)CC1. The van der Waals surface area contributed by atoms with Gasteiger partial charge in [-0.1, -0.05) is 12.1 Å². The van der Waals surface area contributed by atoms with E-state index < -0.39 is 0 Å². The van der Waals surface area contributed by atoms with Gasteiger partial charge in [-0.2, -0.15) is 0 Å². The van der Waals surface area contributed by atoms with E-state index in [1.165, 1.54) is 0 Å². The smallest absolute Gasteiger partial charge is 0.251 e. The second-order valence-electron chi connectivity index (χ2n) is 6.17. The summed E-state index contributed by atoms with van der Waals surface area (Å²) in [5.74, 6) is 0.914. The van der Waals surface area contributed by atoms with E-state index in [0.29, 0.717) is 31.4 Å². The normalized spacial score (nSPS) is 20.4. The van der Waals surface area contributed by atoms with Gasteiger partial charge in [-0.3, -0.25) is 4.79 Å². The number of carbonyl (C=O) groups excluding carboxylic acids is 1. The number of nitrogens with one attached hydrogen (secondary N) is 1. The molecule has 0 bridgehead atoms. The fraction of sp³-hybridized carbons (Fsp3) is 0.556. The molecule has 1 atom stereocenters. The molecule has 0 aromatic heterocycles. The van der Waals surface area contributed by atoms with Crippen LogP contribution in [0.1, 0.15) is 19.8 Å². The minimum absolute atomic E-state index is 0.123. The van der Waals surface area contributed by atoms with Crippen molar-refractivity contribution in [2.75, 3.05) is 44.7 Å². The zero-order chi connectivity index (χ0) is 17.6. The van der Waals surface area contributed by atoms with Gasteiger partial charge in [0, 0.05) is 32.8 Å². The summed E-state index contributed by atoms with van der Waals surface area (Å²) < 4.78 is 11.1. The third kappa shape index (κ3) is 4.41. The fourth-order valence-electron chi connectivity index (χ4n) is 3.15. The van der Waals surface area contributed by atoms with Crippen LogP contribution in [-0.4, -0.2) is 66.3 Å². The van der Waals surface area contributed by atoms with Crippen LogP contribution < -0.4 is 10.1 Å². The summed E-state index contributed by atoms with van der Waals surface area (Å²) in [6.07, 6.45) is 1.58. The van der Waals surface area contributed by atoms with Gasteiger partial charge in [0.15, 0.2) is 5.11 Å². The second kappa shape index (κ2) is 8.49. The number of carbonyl (C=O) groups is 1. The van der Waals surface area contributed by atoms with Crippen molar-refractivity contribution in [3.8, 4) is 5.75 Å². The molecule has 2 heterocycles. The maximum atomic E-state index is 12.4. The molecular weight excluding hydrogens is 338 g/mol. The molecule has 1 amide bonds. The van der Waals surface area contributed by atoms with Gasteiger partial charge in [0.05, 0.1) is 12.3 Å². The van der Waals surface area contributed by atoms with Gasteiger partial charge in [0.1, 0.15) is 11.9 Å². The Morgan fingerprint density at radius 1 is 1.28 bits per heavy atom. The monoisotopic (exact) mass is 363 g/mol. The first-order valence-corrected chi connectivity index (χ1v) is 9.28. The molecule has 25 heavy (non-hydrogen) atoms. The largest absolute Gasteiger partial charge is 0.492 e. The minimum Gasteiger partial charge on any atom is -0.492 e. The summed E-state index contributed by atoms with van der Waals surface area (Å²) >= 11 is 5.54. The number of anilines is 1. The van der Waals surface area contributed by atoms with Crippen LogP contribution in [0.25, 0.3) is 0 Å². The topological polar surface area (TPSA) is 54.0 Å². The molecule has 0 saturated carbocycles. The van der Waals surface area contributed by atoms with Crippen molar-refractivity contribution >= 4 is 28.9 Å². The zero-order valence-corrected chi connectivity index (χ0v) is 15.4. The quantitative estimate of drug-likeness (QED) is 0.827. The van der Waals surface area contributed by atoms with Crippen LogP contribution in [0.4, 0.5) is 5.69 Å². The van der Waals surface area contributed by atoms with E-state index in [0.717, 1.165) is 37.4 Å². The highest BCUT2D eigenvalue weighted by Crippen LogP contribution is 2.24. The number of nitrogens with zero attached hydrogens (tertiary/aromatic N) is 2. The van der Waals surface area contributed by atoms with Crippen LogP contribution in [-0.2, 0) is 9.53 Å². The van der Waals surface area contributed by atoms with Crippen molar-refractivity contribution in [2.45, 2.75) is 25.9 Å². The van der Waals surface area contributed by atoms with Gasteiger partial charge in [-0.15, -0.1) is 0 Å². The van der Waals surface area contributed by atoms with Gasteiger partial charge >= 0.3 is 0 Å². The van der Waals surface area contributed by atoms with E-state index in [-0.39, 0.29) is 12.0 Å². The molecule has 136 valence electrons. The van der Waals surface area contributed by atoms with Gasteiger partial charge in [0.25, 0.3) is 5.91 Å². The molecule has 1 aromatic rings. The molecule has 6 nitrogen and oxygen atoms in total. The van der Waals surface area contributed by atoms with Crippen molar-refractivity contribution in [1.82, 2.24) is 9.80 Å². The summed E-state index contributed by atoms with van der Waals surface area (Å²) in [5.41, 5.74) is 0.868. The van der Waals surface area contributed by atoms with E-state index in [9.17, 15) is 4.79 Å². The predicted molar refractivity (Wildman–Crippen MR) is 101 cm³/mol. The molecule has 2 saturated heterocycles. The molecule has 2 aliphatic rings. The number of ether oxygens (including phenoxy) is 2. The highest BCUT2D eigenvalue weighted by Gasteiger charge is 2.30. The van der Waals surface area contributed by atoms with Crippen LogP contribution in [0, 0.1) is 0 Å². The van der Waals surface area contributed by atoms with Crippen molar-refractivity contribution in [3.63, 3.8) is 0 Å². The third-order valence-corrected chi connectivity index (χ3v) is 4.87. The minimum atomic E-state index is -0.241. The van der Waals surface area contributed by atoms with E-state index >= 15 is 0 Å². The summed E-state index contributed by atoms with van der Waals surface area (Å²) in [4.78, 5) is 16.4. The molecule has 0 spiro atoms. The predicted octanol–water partition coefficient (Wildman–Crippen LogP) is 2.11. The maximum Gasteiger partial charge on any atom is 0.251 e. The highest BCUT2D eigenvalue weighted by atomic mass is 32.1. The summed E-state index contributed by atoms with van der Waals surface area (Å²) in [6, 6.07) is 7.77. The molecular formula is C18H25N3O3S. The van der Waals surface area contributed by atoms with Crippen molar-refractivity contribution in [2.24, 2.45) is 0 Å². The molecule has 3 rings (SSSR count). The van der Waals surface area contributed by atoms with Crippen molar-refractivity contribution < 1.29 is 14.3 Å². The number of para-hydroxylation sites is 2. The first-order chi connectivity index (χ1) is 12.2. The average Bonchev–Trinajstić information content (AvgIpc) is 3.18. The van der Waals surface area contributed by atoms with Crippen LogP contribution >= 0.6 is 12.2 Å². The maximum absolute atomic E-state index is 12.4. The fourth-order valence-corrected chi connectivity index (χ4v) is 3.44. The molecule has 2 fully saturated rings. The van der Waals surface area contributed by atoms with Crippen LogP contribution in [0.2, 0.25) is 0 Å². The number of thiocarbonyl (C=S) groups is 1. The Balaban J connectivity index is 1.52. The Hall–Kier alpha value is -1.86. The Morgan fingerprint density at radius 2 is 2.00 bits per heavy atom. The number of hydrogen-bond acceptors (Lipinski definition) is 4. The van der Waals surface area contributed by atoms with E-state index in [4.69, 9.17) is 21.7 Å². The third-order valence-electron chi connectivity index (χ3n) is 4.51. The highest BCUT2D eigenvalue weighted by molar-refractivity contribution is 7.80.